The largest absolute Gasteiger partial charge is 0.478 e. The van der Waals surface area contributed by atoms with Crippen LogP contribution in [0.2, 0.25) is 0 Å². The van der Waals surface area contributed by atoms with Gasteiger partial charge in [0.1, 0.15) is 22.7 Å². The highest BCUT2D eigenvalue weighted by Gasteiger charge is 2.29. The smallest absolute Gasteiger partial charge is 0.354 e. The quantitative estimate of drug-likeness (QED) is 0.286. The van der Waals surface area contributed by atoms with Crippen LogP contribution in [-0.4, -0.2) is 42.8 Å². The van der Waals surface area contributed by atoms with Crippen molar-refractivity contribution in [2.45, 2.75) is 13.0 Å². The molecule has 0 atom stereocenters. The number of carboxylic acids is 3. The molecule has 184 valence electrons. The van der Waals surface area contributed by atoms with Gasteiger partial charge in [0.25, 0.3) is 0 Å². The second kappa shape index (κ2) is 9.19. The van der Waals surface area contributed by atoms with Crippen LogP contribution in [0.5, 0.6) is 0 Å². The van der Waals surface area contributed by atoms with Gasteiger partial charge in [0.15, 0.2) is 0 Å². The summed E-state index contributed by atoms with van der Waals surface area (Å²) in [6.07, 6.45) is 0.148. The maximum absolute atomic E-state index is 15.5. The minimum absolute atomic E-state index is 0.0498. The molecule has 0 saturated carbocycles. The molecule has 0 aliphatic rings. The second-order valence-electron chi connectivity index (χ2n) is 8.51. The Kier molecular flexibility index (Phi) is 5.88. The molecular weight excluding hydrogens is 479 g/mol. The lowest BCUT2D eigenvalue weighted by molar-refractivity contribution is 0.0674. The van der Waals surface area contributed by atoms with E-state index in [2.05, 4.69) is 4.98 Å². The van der Waals surface area contributed by atoms with Crippen LogP contribution in [0.4, 0.5) is 4.39 Å². The van der Waals surface area contributed by atoms with Gasteiger partial charge >= 0.3 is 17.9 Å². The lowest BCUT2D eigenvalue weighted by atomic mass is 9.98. The number of hydrogen-bond donors (Lipinski definition) is 3. The Labute approximate surface area is 208 Å². The number of benzene rings is 3. The molecule has 0 spiro atoms. The van der Waals surface area contributed by atoms with E-state index in [1.54, 1.807) is 42.5 Å². The summed E-state index contributed by atoms with van der Waals surface area (Å²) in [7, 11) is 0. The van der Waals surface area contributed by atoms with Gasteiger partial charge < -0.3 is 19.9 Å². The number of rotatable bonds is 7. The summed E-state index contributed by atoms with van der Waals surface area (Å²) in [5.74, 6) is -5.22. The van der Waals surface area contributed by atoms with Gasteiger partial charge in [0, 0.05) is 23.7 Å². The molecule has 0 aliphatic heterocycles. The standard InChI is InChI=1S/C28H19FN2O6/c29-20-12-18-17(11-15-7-3-1-4-8-15)25(28(36)37)31(14-16-9-5-2-6-10-16)24(18)22-19(26(32)33)13-21(27(34)35)30-23(20)22/h1-10,12-13H,11,14H2,(H,32,33)(H,34,35)(H,36,37). The van der Waals surface area contributed by atoms with E-state index in [0.717, 1.165) is 23.3 Å². The lowest BCUT2D eigenvalue weighted by Gasteiger charge is -2.13. The first-order valence-electron chi connectivity index (χ1n) is 11.2. The van der Waals surface area contributed by atoms with E-state index in [9.17, 15) is 29.7 Å². The average Bonchev–Trinajstić information content (AvgIpc) is 3.17. The van der Waals surface area contributed by atoms with Gasteiger partial charge in [-0.2, -0.15) is 0 Å². The zero-order valence-corrected chi connectivity index (χ0v) is 19.2. The predicted octanol–water partition coefficient (Wildman–Crippen LogP) is 5.06. The Bertz CT molecular complexity index is 1710. The van der Waals surface area contributed by atoms with Crippen LogP contribution in [0, 0.1) is 5.82 Å². The Morgan fingerprint density at radius 3 is 2.00 bits per heavy atom. The van der Waals surface area contributed by atoms with Crippen molar-refractivity contribution < 1.29 is 34.1 Å². The van der Waals surface area contributed by atoms with Gasteiger partial charge in [-0.1, -0.05) is 60.7 Å². The van der Waals surface area contributed by atoms with E-state index in [1.165, 1.54) is 4.57 Å². The Morgan fingerprint density at radius 2 is 1.43 bits per heavy atom. The molecule has 3 N–H and O–H groups in total. The summed E-state index contributed by atoms with van der Waals surface area (Å²) in [6, 6.07) is 20.0. The van der Waals surface area contributed by atoms with Crippen LogP contribution in [0.1, 0.15) is 48.0 Å². The SMILES string of the molecule is O=C(O)c1cc(C(=O)O)c2c(n1)c(F)cc1c(Cc3ccccc3)c(C(=O)O)n(Cc3ccccc3)c12. The van der Waals surface area contributed by atoms with Crippen LogP contribution in [-0.2, 0) is 13.0 Å². The fourth-order valence-corrected chi connectivity index (χ4v) is 4.69. The first kappa shape index (κ1) is 23.7. The van der Waals surface area contributed by atoms with E-state index < -0.39 is 40.5 Å². The number of fused-ring (bicyclic) bond motifs is 3. The van der Waals surface area contributed by atoms with Gasteiger partial charge in [0.2, 0.25) is 0 Å². The number of aromatic carboxylic acids is 3. The Balaban J connectivity index is 1.97. The van der Waals surface area contributed by atoms with Crippen molar-refractivity contribution in [3.05, 3.63) is 112 Å². The predicted molar refractivity (Wildman–Crippen MR) is 133 cm³/mol. The van der Waals surface area contributed by atoms with Gasteiger partial charge in [-0.05, 0) is 28.8 Å². The maximum Gasteiger partial charge on any atom is 0.354 e. The van der Waals surface area contributed by atoms with Gasteiger partial charge in [-0.15, -0.1) is 0 Å². The highest BCUT2D eigenvalue weighted by molar-refractivity contribution is 6.17. The van der Waals surface area contributed by atoms with E-state index in [-0.39, 0.29) is 34.9 Å². The molecule has 0 amide bonds. The number of carbonyl (C=O) groups is 3. The summed E-state index contributed by atoms with van der Waals surface area (Å²) in [5.41, 5.74) is 0.288. The highest BCUT2D eigenvalue weighted by Crippen LogP contribution is 2.37. The Morgan fingerprint density at radius 1 is 0.811 bits per heavy atom. The van der Waals surface area contributed by atoms with Crippen LogP contribution in [0.25, 0.3) is 21.8 Å². The van der Waals surface area contributed by atoms with Crippen molar-refractivity contribution in [2.75, 3.05) is 0 Å². The third kappa shape index (κ3) is 4.16. The van der Waals surface area contributed by atoms with Crippen LogP contribution in [0.3, 0.4) is 0 Å². The molecule has 8 nitrogen and oxygen atoms in total. The lowest BCUT2D eigenvalue weighted by Crippen LogP contribution is -2.13. The molecule has 9 heteroatoms. The van der Waals surface area contributed by atoms with E-state index in [4.69, 9.17) is 0 Å². The minimum Gasteiger partial charge on any atom is -0.478 e. The molecule has 37 heavy (non-hydrogen) atoms. The van der Waals surface area contributed by atoms with Crippen molar-refractivity contribution in [3.8, 4) is 0 Å². The second-order valence-corrected chi connectivity index (χ2v) is 8.51. The van der Waals surface area contributed by atoms with Crippen LogP contribution in [0.15, 0.2) is 72.8 Å². The monoisotopic (exact) mass is 498 g/mol. The van der Waals surface area contributed by atoms with Gasteiger partial charge in [-0.25, -0.2) is 23.8 Å². The fraction of sp³-hybridized carbons (Fsp3) is 0.0714. The number of carboxylic acid groups (broad SMARTS) is 3. The number of aromatic nitrogens is 2. The molecule has 5 rings (SSSR count). The number of nitrogens with zero attached hydrogens (tertiary/aromatic N) is 2. The zero-order valence-electron chi connectivity index (χ0n) is 19.2. The first-order chi connectivity index (χ1) is 17.8. The fourth-order valence-electron chi connectivity index (χ4n) is 4.69. The molecule has 0 fully saturated rings. The molecule has 2 aromatic heterocycles. The molecule has 0 unspecified atom stereocenters. The summed E-state index contributed by atoms with van der Waals surface area (Å²) < 4.78 is 16.9. The number of hydrogen-bond acceptors (Lipinski definition) is 4. The summed E-state index contributed by atoms with van der Waals surface area (Å²) in [5, 5.41) is 29.8. The molecule has 0 saturated heterocycles. The molecule has 5 aromatic rings. The molecule has 0 bridgehead atoms. The van der Waals surface area contributed by atoms with Crippen molar-refractivity contribution in [1.29, 1.82) is 0 Å². The average molecular weight is 498 g/mol. The number of halogens is 1. The molecule has 0 radical (unpaired) electrons. The highest BCUT2D eigenvalue weighted by atomic mass is 19.1. The first-order valence-corrected chi connectivity index (χ1v) is 11.2. The van der Waals surface area contributed by atoms with Crippen LogP contribution >= 0.6 is 0 Å². The van der Waals surface area contributed by atoms with Crippen LogP contribution < -0.4 is 0 Å². The summed E-state index contributed by atoms with van der Waals surface area (Å²) in [4.78, 5) is 40.4. The minimum atomic E-state index is -1.51. The molecule has 0 aliphatic carbocycles. The molecule has 3 aromatic carbocycles. The van der Waals surface area contributed by atoms with Crippen molar-refractivity contribution >= 4 is 39.7 Å². The van der Waals surface area contributed by atoms with E-state index in [1.807, 2.05) is 18.2 Å². The van der Waals surface area contributed by atoms with Crippen molar-refractivity contribution in [2.24, 2.45) is 0 Å². The van der Waals surface area contributed by atoms with Crippen molar-refractivity contribution in [1.82, 2.24) is 9.55 Å². The van der Waals surface area contributed by atoms with Crippen molar-refractivity contribution in [3.63, 3.8) is 0 Å². The van der Waals surface area contributed by atoms with E-state index in [0.29, 0.717) is 5.56 Å². The topological polar surface area (TPSA) is 130 Å². The third-order valence-corrected chi connectivity index (χ3v) is 6.22. The number of pyridine rings is 1. The molecular formula is C28H19FN2O6. The van der Waals surface area contributed by atoms with Gasteiger partial charge in [-0.3, -0.25) is 0 Å². The van der Waals surface area contributed by atoms with Gasteiger partial charge in [0.05, 0.1) is 11.1 Å². The summed E-state index contributed by atoms with van der Waals surface area (Å²) >= 11 is 0. The Hall–Kier alpha value is -5.05. The maximum atomic E-state index is 15.5. The summed E-state index contributed by atoms with van der Waals surface area (Å²) in [6.45, 7) is 0.0498. The molecule has 2 heterocycles. The normalized spacial score (nSPS) is 11.2. The zero-order chi connectivity index (χ0) is 26.3. The third-order valence-electron chi connectivity index (χ3n) is 6.22. The van der Waals surface area contributed by atoms with E-state index >= 15 is 4.39 Å².